The summed E-state index contributed by atoms with van der Waals surface area (Å²) >= 11 is 0. The lowest BCUT2D eigenvalue weighted by molar-refractivity contribution is 0.0680. The molecule has 1 N–H and O–H groups in total. The summed E-state index contributed by atoms with van der Waals surface area (Å²) in [5, 5.41) is 15.9. The minimum atomic E-state index is -1.21. The van der Waals surface area contributed by atoms with E-state index in [9.17, 15) is 4.79 Å². The van der Waals surface area contributed by atoms with Crippen LogP contribution >= 0.6 is 0 Å². The number of aromatic carboxylic acids is 1. The summed E-state index contributed by atoms with van der Waals surface area (Å²) in [6.07, 6.45) is 1.64. The van der Waals surface area contributed by atoms with Gasteiger partial charge in [-0.15, -0.1) is 0 Å². The molecule has 0 saturated heterocycles. The third-order valence-corrected chi connectivity index (χ3v) is 1.87. The summed E-state index contributed by atoms with van der Waals surface area (Å²) in [6.45, 7) is 2.15. The van der Waals surface area contributed by atoms with Crippen molar-refractivity contribution in [1.82, 2.24) is 19.9 Å². The van der Waals surface area contributed by atoms with Crippen LogP contribution in [-0.2, 0) is 6.54 Å². The van der Waals surface area contributed by atoms with Crippen LogP contribution in [0.2, 0.25) is 0 Å². The Morgan fingerprint density at radius 3 is 3.00 bits per heavy atom. The molecule has 0 saturated carbocycles. The second kappa shape index (κ2) is 3.52. The monoisotopic (exact) mass is 208 g/mol. The van der Waals surface area contributed by atoms with E-state index in [-0.39, 0.29) is 18.3 Å². The maximum Gasteiger partial charge on any atom is 0.377 e. The van der Waals surface area contributed by atoms with Crippen molar-refractivity contribution in [3.05, 3.63) is 29.7 Å². The van der Waals surface area contributed by atoms with Gasteiger partial charge in [-0.2, -0.15) is 10.1 Å². The van der Waals surface area contributed by atoms with Crippen molar-refractivity contribution in [2.24, 2.45) is 0 Å². The Kier molecular flexibility index (Phi) is 2.20. The van der Waals surface area contributed by atoms with Crippen molar-refractivity contribution in [2.75, 3.05) is 0 Å². The number of rotatable bonds is 3. The van der Waals surface area contributed by atoms with Gasteiger partial charge >= 0.3 is 5.97 Å². The lowest BCUT2D eigenvalue weighted by Crippen LogP contribution is -2.04. The molecular weight excluding hydrogens is 200 g/mol. The number of aromatic nitrogens is 4. The van der Waals surface area contributed by atoms with Crippen LogP contribution in [-0.4, -0.2) is 31.0 Å². The van der Waals surface area contributed by atoms with Crippen molar-refractivity contribution in [1.29, 1.82) is 0 Å². The molecule has 0 radical (unpaired) electrons. The van der Waals surface area contributed by atoms with E-state index in [4.69, 9.17) is 9.63 Å². The molecule has 0 amide bonds. The SMILES string of the molecule is Cc1ccnn1Cc1nc(C(=O)O)no1. The van der Waals surface area contributed by atoms with E-state index in [1.54, 1.807) is 10.9 Å². The molecule has 0 fully saturated rings. The highest BCUT2D eigenvalue weighted by molar-refractivity contribution is 5.82. The molecule has 0 atom stereocenters. The van der Waals surface area contributed by atoms with Crippen molar-refractivity contribution >= 4 is 5.97 Å². The third-order valence-electron chi connectivity index (χ3n) is 1.87. The first-order valence-electron chi connectivity index (χ1n) is 4.21. The first-order chi connectivity index (χ1) is 7.16. The van der Waals surface area contributed by atoms with Gasteiger partial charge in [0.1, 0.15) is 6.54 Å². The molecule has 0 bridgehead atoms. The van der Waals surface area contributed by atoms with Gasteiger partial charge in [0.15, 0.2) is 0 Å². The van der Waals surface area contributed by atoms with Gasteiger partial charge in [0.05, 0.1) is 0 Å². The van der Waals surface area contributed by atoms with Crippen LogP contribution in [0.1, 0.15) is 22.2 Å². The third kappa shape index (κ3) is 1.85. The first kappa shape index (κ1) is 9.38. The molecule has 0 aliphatic rings. The van der Waals surface area contributed by atoms with E-state index in [0.717, 1.165) is 5.69 Å². The summed E-state index contributed by atoms with van der Waals surface area (Å²) < 4.78 is 6.39. The Bertz CT molecular complexity index is 488. The van der Waals surface area contributed by atoms with Gasteiger partial charge in [-0.3, -0.25) is 4.68 Å². The van der Waals surface area contributed by atoms with E-state index < -0.39 is 5.97 Å². The Hall–Kier alpha value is -2.18. The van der Waals surface area contributed by atoms with Crippen molar-refractivity contribution in [2.45, 2.75) is 13.5 Å². The molecule has 0 unspecified atom stereocenters. The number of aryl methyl sites for hydroxylation is 1. The highest BCUT2D eigenvalue weighted by Crippen LogP contribution is 2.02. The quantitative estimate of drug-likeness (QED) is 0.780. The Labute approximate surface area is 84.3 Å². The maximum atomic E-state index is 10.5. The van der Waals surface area contributed by atoms with Crippen LogP contribution in [0, 0.1) is 6.92 Å². The Morgan fingerprint density at radius 2 is 2.47 bits per heavy atom. The second-order valence-corrected chi connectivity index (χ2v) is 2.95. The van der Waals surface area contributed by atoms with Crippen LogP contribution in [0.3, 0.4) is 0 Å². The molecule has 0 aliphatic heterocycles. The number of carboxylic acids is 1. The van der Waals surface area contributed by atoms with Gasteiger partial charge in [0.25, 0.3) is 5.82 Å². The normalized spacial score (nSPS) is 10.5. The fourth-order valence-corrected chi connectivity index (χ4v) is 1.10. The molecular formula is C8H8N4O3. The molecule has 0 aliphatic carbocycles. The molecule has 0 spiro atoms. The molecule has 7 heteroatoms. The van der Waals surface area contributed by atoms with E-state index in [1.165, 1.54) is 0 Å². The fourth-order valence-electron chi connectivity index (χ4n) is 1.10. The van der Waals surface area contributed by atoms with Gasteiger partial charge in [0, 0.05) is 11.9 Å². The van der Waals surface area contributed by atoms with Crippen LogP contribution in [0.15, 0.2) is 16.8 Å². The smallest absolute Gasteiger partial charge is 0.377 e. The lowest BCUT2D eigenvalue weighted by Gasteiger charge is -1.97. The topological polar surface area (TPSA) is 94.0 Å². The van der Waals surface area contributed by atoms with Gasteiger partial charge in [-0.05, 0) is 18.1 Å². The molecule has 2 aromatic rings. The summed E-state index contributed by atoms with van der Waals surface area (Å²) in [5.74, 6) is -1.32. The largest absolute Gasteiger partial charge is 0.475 e. The van der Waals surface area contributed by atoms with Crippen molar-refractivity contribution < 1.29 is 14.4 Å². The van der Waals surface area contributed by atoms with E-state index in [2.05, 4.69) is 15.2 Å². The zero-order chi connectivity index (χ0) is 10.8. The molecule has 2 heterocycles. The minimum absolute atomic E-state index is 0.221. The number of carboxylic acid groups (broad SMARTS) is 1. The molecule has 2 aromatic heterocycles. The molecule has 0 aromatic carbocycles. The second-order valence-electron chi connectivity index (χ2n) is 2.95. The van der Waals surface area contributed by atoms with Gasteiger partial charge in [-0.1, -0.05) is 0 Å². The van der Waals surface area contributed by atoms with Crippen molar-refractivity contribution in [3.63, 3.8) is 0 Å². The Morgan fingerprint density at radius 1 is 1.67 bits per heavy atom. The Balaban J connectivity index is 2.18. The van der Waals surface area contributed by atoms with Gasteiger partial charge < -0.3 is 9.63 Å². The molecule has 78 valence electrons. The van der Waals surface area contributed by atoms with E-state index in [1.807, 2.05) is 13.0 Å². The minimum Gasteiger partial charge on any atom is -0.475 e. The predicted octanol–water partition coefficient (Wildman–Crippen LogP) is 0.321. The summed E-state index contributed by atoms with van der Waals surface area (Å²) in [5.41, 5.74) is 0.935. The van der Waals surface area contributed by atoms with E-state index >= 15 is 0 Å². The number of nitrogens with zero attached hydrogens (tertiary/aromatic N) is 4. The summed E-state index contributed by atoms with van der Waals surface area (Å²) in [6, 6.07) is 1.83. The fraction of sp³-hybridized carbons (Fsp3) is 0.250. The number of hydrogen-bond donors (Lipinski definition) is 1. The highest BCUT2D eigenvalue weighted by Gasteiger charge is 2.13. The molecule has 7 nitrogen and oxygen atoms in total. The summed E-state index contributed by atoms with van der Waals surface area (Å²) in [4.78, 5) is 14.2. The van der Waals surface area contributed by atoms with Crippen LogP contribution in [0.5, 0.6) is 0 Å². The van der Waals surface area contributed by atoms with Crippen LogP contribution in [0.25, 0.3) is 0 Å². The average molecular weight is 208 g/mol. The highest BCUT2D eigenvalue weighted by atomic mass is 16.5. The molecule has 2 rings (SSSR count). The van der Waals surface area contributed by atoms with E-state index in [0.29, 0.717) is 0 Å². The van der Waals surface area contributed by atoms with Crippen LogP contribution in [0.4, 0.5) is 0 Å². The lowest BCUT2D eigenvalue weighted by atomic mass is 10.5. The van der Waals surface area contributed by atoms with Crippen molar-refractivity contribution in [3.8, 4) is 0 Å². The number of carbonyl (C=O) groups is 1. The maximum absolute atomic E-state index is 10.5. The average Bonchev–Trinajstić information content (AvgIpc) is 2.77. The first-order valence-corrected chi connectivity index (χ1v) is 4.21. The van der Waals surface area contributed by atoms with Crippen LogP contribution < -0.4 is 0 Å². The summed E-state index contributed by atoms with van der Waals surface area (Å²) in [7, 11) is 0. The van der Waals surface area contributed by atoms with Gasteiger partial charge in [-0.25, -0.2) is 4.79 Å². The zero-order valence-corrected chi connectivity index (χ0v) is 7.91. The predicted molar refractivity (Wildman–Crippen MR) is 47.3 cm³/mol. The standard InChI is InChI=1S/C8H8N4O3/c1-5-2-3-9-12(5)4-6-10-7(8(13)14)11-15-6/h2-3H,4H2,1H3,(H,13,14). The molecule has 15 heavy (non-hydrogen) atoms. The van der Waals surface area contributed by atoms with Gasteiger partial charge in [0.2, 0.25) is 5.89 Å². The zero-order valence-electron chi connectivity index (χ0n) is 7.91. The number of hydrogen-bond acceptors (Lipinski definition) is 5.